The van der Waals surface area contributed by atoms with Gasteiger partial charge in [-0.1, -0.05) is 32.0 Å². The molecule has 3 aromatic rings. The van der Waals surface area contributed by atoms with Gasteiger partial charge in [-0.25, -0.2) is 0 Å². The third-order valence-corrected chi connectivity index (χ3v) is 3.59. The fraction of sp³-hybridized carbons (Fsp3) is 0.176. The normalized spacial score (nSPS) is 11.5. The first-order valence-corrected chi connectivity index (χ1v) is 6.45. The third kappa shape index (κ3) is 1.80. The Morgan fingerprint density at radius 3 is 2.21 bits per heavy atom. The van der Waals surface area contributed by atoms with E-state index in [1.54, 1.807) is 12.1 Å². The van der Waals surface area contributed by atoms with Crippen molar-refractivity contribution in [3.05, 3.63) is 48.0 Å². The van der Waals surface area contributed by atoms with Crippen LogP contribution in [-0.2, 0) is 0 Å². The second-order valence-electron chi connectivity index (χ2n) is 5.22. The topological polar surface area (TPSA) is 40.5 Å². The van der Waals surface area contributed by atoms with Crippen LogP contribution in [0, 0.1) is 0 Å². The van der Waals surface area contributed by atoms with E-state index >= 15 is 0 Å². The van der Waals surface area contributed by atoms with Crippen LogP contribution in [0.25, 0.3) is 21.5 Å². The van der Waals surface area contributed by atoms with Crippen LogP contribution in [0.2, 0.25) is 0 Å². The number of hydrogen-bond acceptors (Lipinski definition) is 2. The Hall–Kier alpha value is -2.22. The Kier molecular flexibility index (Phi) is 2.59. The molecule has 0 radical (unpaired) electrons. The van der Waals surface area contributed by atoms with Crippen LogP contribution < -0.4 is 0 Å². The molecule has 2 N–H and O–H groups in total. The smallest absolute Gasteiger partial charge is 0.123 e. The Morgan fingerprint density at radius 2 is 1.47 bits per heavy atom. The number of phenols is 2. The van der Waals surface area contributed by atoms with Gasteiger partial charge < -0.3 is 10.2 Å². The molecule has 2 heteroatoms. The molecule has 0 amide bonds. The summed E-state index contributed by atoms with van der Waals surface area (Å²) in [5, 5.41) is 23.9. The fourth-order valence-electron chi connectivity index (χ4n) is 2.70. The predicted octanol–water partition coefficient (Wildman–Crippen LogP) is 4.53. The van der Waals surface area contributed by atoms with Gasteiger partial charge in [0.15, 0.2) is 0 Å². The highest BCUT2D eigenvalue weighted by molar-refractivity contribution is 6.02. The maximum absolute atomic E-state index is 10.1. The lowest BCUT2D eigenvalue weighted by molar-refractivity contribution is 0.466. The summed E-state index contributed by atoms with van der Waals surface area (Å²) < 4.78 is 0. The van der Waals surface area contributed by atoms with E-state index in [0.717, 1.165) is 27.1 Å². The van der Waals surface area contributed by atoms with E-state index in [9.17, 15) is 10.2 Å². The highest BCUT2D eigenvalue weighted by atomic mass is 16.3. The van der Waals surface area contributed by atoms with Crippen molar-refractivity contribution < 1.29 is 10.2 Å². The number of fused-ring (bicyclic) bond motifs is 2. The summed E-state index contributed by atoms with van der Waals surface area (Å²) in [6, 6.07) is 13.1. The van der Waals surface area contributed by atoms with Gasteiger partial charge in [-0.05, 0) is 46.3 Å². The lowest BCUT2D eigenvalue weighted by Gasteiger charge is -2.13. The van der Waals surface area contributed by atoms with E-state index in [-0.39, 0.29) is 5.92 Å². The quantitative estimate of drug-likeness (QED) is 0.625. The molecule has 0 aliphatic carbocycles. The molecule has 0 unspecified atom stereocenters. The molecule has 96 valence electrons. The van der Waals surface area contributed by atoms with Gasteiger partial charge in [-0.3, -0.25) is 0 Å². The summed E-state index contributed by atoms with van der Waals surface area (Å²) in [5.41, 5.74) is 0.961. The molecule has 0 aromatic heterocycles. The van der Waals surface area contributed by atoms with E-state index in [2.05, 4.69) is 13.8 Å². The molecule has 0 fully saturated rings. The van der Waals surface area contributed by atoms with E-state index in [1.165, 1.54) is 0 Å². The first-order chi connectivity index (χ1) is 9.08. The molecule has 0 spiro atoms. The number of benzene rings is 3. The zero-order chi connectivity index (χ0) is 13.6. The predicted molar refractivity (Wildman–Crippen MR) is 78.9 cm³/mol. The minimum Gasteiger partial charge on any atom is -0.508 e. The fourth-order valence-corrected chi connectivity index (χ4v) is 2.70. The summed E-state index contributed by atoms with van der Waals surface area (Å²) in [6.07, 6.45) is 0. The average molecular weight is 252 g/mol. The van der Waals surface area contributed by atoms with E-state index in [0.29, 0.717) is 11.5 Å². The van der Waals surface area contributed by atoms with Gasteiger partial charge in [0.05, 0.1) is 0 Å². The lowest BCUT2D eigenvalue weighted by atomic mass is 9.93. The van der Waals surface area contributed by atoms with Crippen molar-refractivity contribution in [3.63, 3.8) is 0 Å². The summed E-state index contributed by atoms with van der Waals surface area (Å²) in [6.45, 7) is 4.14. The Bertz CT molecular complexity index is 773. The SMILES string of the molecule is CC(C)c1c(O)ccc2cc3c(O)cccc3cc12. The Balaban J connectivity index is 2.48. The van der Waals surface area contributed by atoms with Gasteiger partial charge in [0.2, 0.25) is 0 Å². The van der Waals surface area contributed by atoms with E-state index in [4.69, 9.17) is 0 Å². The summed E-state index contributed by atoms with van der Waals surface area (Å²) in [7, 11) is 0. The van der Waals surface area contributed by atoms with Crippen molar-refractivity contribution in [2.75, 3.05) is 0 Å². The summed E-state index contributed by atoms with van der Waals surface area (Å²) in [5.74, 6) is 0.874. The summed E-state index contributed by atoms with van der Waals surface area (Å²) >= 11 is 0. The highest BCUT2D eigenvalue weighted by Crippen LogP contribution is 2.36. The van der Waals surface area contributed by atoms with Crippen molar-refractivity contribution >= 4 is 21.5 Å². The van der Waals surface area contributed by atoms with Gasteiger partial charge in [-0.2, -0.15) is 0 Å². The van der Waals surface area contributed by atoms with Gasteiger partial charge in [0.1, 0.15) is 11.5 Å². The maximum Gasteiger partial charge on any atom is 0.123 e. The van der Waals surface area contributed by atoms with Crippen LogP contribution in [0.15, 0.2) is 42.5 Å². The summed E-state index contributed by atoms with van der Waals surface area (Å²) in [4.78, 5) is 0. The number of phenolic OH excluding ortho intramolecular Hbond substituents is 2. The Labute approximate surface area is 111 Å². The molecule has 0 saturated carbocycles. The second kappa shape index (κ2) is 4.16. The number of rotatable bonds is 1. The van der Waals surface area contributed by atoms with E-state index in [1.807, 2.05) is 30.3 Å². The first kappa shape index (κ1) is 11.8. The lowest BCUT2D eigenvalue weighted by Crippen LogP contribution is -1.91. The molecule has 19 heavy (non-hydrogen) atoms. The van der Waals surface area contributed by atoms with E-state index < -0.39 is 0 Å². The van der Waals surface area contributed by atoms with Gasteiger partial charge in [-0.15, -0.1) is 0 Å². The van der Waals surface area contributed by atoms with Crippen LogP contribution in [0.4, 0.5) is 0 Å². The standard InChI is InChI=1S/C17H16O2/c1-10(2)17-14-9-11-4-3-5-15(18)13(11)8-12(14)6-7-16(17)19/h3-10,18-19H,1-2H3. The molecule has 0 heterocycles. The van der Waals surface area contributed by atoms with Gasteiger partial charge >= 0.3 is 0 Å². The van der Waals surface area contributed by atoms with Crippen molar-refractivity contribution in [2.45, 2.75) is 19.8 Å². The third-order valence-electron chi connectivity index (χ3n) is 3.59. The monoisotopic (exact) mass is 252 g/mol. The Morgan fingerprint density at radius 1 is 0.789 bits per heavy atom. The molecule has 0 aliphatic rings. The second-order valence-corrected chi connectivity index (χ2v) is 5.22. The molecule has 2 nitrogen and oxygen atoms in total. The van der Waals surface area contributed by atoms with Crippen molar-refractivity contribution in [1.82, 2.24) is 0 Å². The zero-order valence-electron chi connectivity index (χ0n) is 11.0. The van der Waals surface area contributed by atoms with Crippen LogP contribution in [0.3, 0.4) is 0 Å². The minimum atomic E-state index is 0.249. The van der Waals surface area contributed by atoms with Crippen molar-refractivity contribution in [2.24, 2.45) is 0 Å². The molecular formula is C17H16O2. The number of hydrogen-bond donors (Lipinski definition) is 2. The minimum absolute atomic E-state index is 0.249. The van der Waals surface area contributed by atoms with Gasteiger partial charge in [0, 0.05) is 10.9 Å². The van der Waals surface area contributed by atoms with Gasteiger partial charge in [0.25, 0.3) is 0 Å². The van der Waals surface area contributed by atoms with Crippen LogP contribution in [0.5, 0.6) is 11.5 Å². The van der Waals surface area contributed by atoms with Crippen LogP contribution in [-0.4, -0.2) is 10.2 Å². The molecule has 0 aliphatic heterocycles. The van der Waals surface area contributed by atoms with Crippen molar-refractivity contribution in [3.8, 4) is 11.5 Å². The molecule has 0 saturated heterocycles. The van der Waals surface area contributed by atoms with Crippen molar-refractivity contribution in [1.29, 1.82) is 0 Å². The first-order valence-electron chi connectivity index (χ1n) is 6.45. The molecular weight excluding hydrogens is 236 g/mol. The molecule has 0 atom stereocenters. The molecule has 0 bridgehead atoms. The largest absolute Gasteiger partial charge is 0.508 e. The van der Waals surface area contributed by atoms with Crippen LogP contribution >= 0.6 is 0 Å². The number of aromatic hydroxyl groups is 2. The average Bonchev–Trinajstić information content (AvgIpc) is 2.36. The molecule has 3 rings (SSSR count). The molecule has 3 aromatic carbocycles. The van der Waals surface area contributed by atoms with Crippen LogP contribution in [0.1, 0.15) is 25.3 Å². The highest BCUT2D eigenvalue weighted by Gasteiger charge is 2.12. The zero-order valence-corrected chi connectivity index (χ0v) is 11.0. The maximum atomic E-state index is 10.1.